The molecular weight excluding hydrogens is 343 g/mol. The van der Waals surface area contributed by atoms with Crippen molar-refractivity contribution >= 4 is 21.8 Å². The van der Waals surface area contributed by atoms with E-state index in [1.165, 1.54) is 0 Å². The quantitative estimate of drug-likeness (QED) is 0.672. The van der Waals surface area contributed by atoms with Gasteiger partial charge in [0.05, 0.1) is 16.8 Å². The molecule has 10 heteroatoms. The van der Waals surface area contributed by atoms with E-state index >= 15 is 0 Å². The highest BCUT2D eigenvalue weighted by Gasteiger charge is 2.35. The van der Waals surface area contributed by atoms with E-state index in [2.05, 4.69) is 25.7 Å². The van der Waals surface area contributed by atoms with Crippen molar-refractivity contribution in [2.45, 2.75) is 18.1 Å². The molecule has 19 heavy (non-hydrogen) atoms. The van der Waals surface area contributed by atoms with Gasteiger partial charge in [-0.25, -0.2) is 13.8 Å². The summed E-state index contributed by atoms with van der Waals surface area (Å²) in [6.07, 6.45) is -8.47. The monoisotopic (exact) mass is 348 g/mol. The van der Waals surface area contributed by atoms with Crippen LogP contribution in [-0.4, -0.2) is 17.3 Å². The van der Waals surface area contributed by atoms with Gasteiger partial charge in [-0.1, -0.05) is 15.9 Å². The summed E-state index contributed by atoms with van der Waals surface area (Å²) in [5.41, 5.74) is 3.15. The Balaban J connectivity index is 3.40. The van der Waals surface area contributed by atoms with Crippen LogP contribution in [0.5, 0.6) is 5.88 Å². The third-order valence-electron chi connectivity index (χ3n) is 1.93. The maximum atomic E-state index is 12.6. The van der Waals surface area contributed by atoms with Crippen LogP contribution >= 0.6 is 15.9 Å². The first-order valence-electron chi connectivity index (χ1n) is 4.59. The van der Waals surface area contributed by atoms with Crippen LogP contribution in [0, 0.1) is 0 Å². The number of ether oxygens (including phenoxy) is 1. The average molecular weight is 349 g/mol. The molecule has 0 saturated heterocycles. The van der Waals surface area contributed by atoms with Crippen LogP contribution in [0.1, 0.15) is 28.0 Å². The van der Waals surface area contributed by atoms with Gasteiger partial charge in [0.25, 0.3) is 12.3 Å². The van der Waals surface area contributed by atoms with Crippen molar-refractivity contribution in [3.63, 3.8) is 0 Å². The molecule has 0 saturated carbocycles. The first-order valence-corrected chi connectivity index (χ1v) is 5.71. The Kier molecular flexibility index (Phi) is 4.66. The number of carbonyl (C=O) groups is 1. The number of nitrogens with zero attached hydrogens (tertiary/aromatic N) is 1. The normalized spacial score (nSPS) is 11.7. The van der Waals surface area contributed by atoms with Crippen LogP contribution < -0.4 is 10.5 Å². The molecule has 1 aromatic rings. The number of nitrogens with two attached hydrogens (primary N) is 1. The number of amides is 1. The fourth-order valence-corrected chi connectivity index (χ4v) is 1.64. The van der Waals surface area contributed by atoms with Gasteiger partial charge in [-0.05, 0) is 6.07 Å². The Bertz CT molecular complexity index is 492. The van der Waals surface area contributed by atoms with Gasteiger partial charge in [-0.15, -0.1) is 13.2 Å². The van der Waals surface area contributed by atoms with Crippen LogP contribution in [0.2, 0.25) is 0 Å². The molecule has 0 spiro atoms. The molecule has 2 N–H and O–H groups in total. The first-order chi connectivity index (χ1) is 8.65. The van der Waals surface area contributed by atoms with Gasteiger partial charge < -0.3 is 10.5 Å². The Morgan fingerprint density at radius 2 is 2.05 bits per heavy atom. The second-order valence-corrected chi connectivity index (χ2v) is 3.78. The van der Waals surface area contributed by atoms with E-state index in [1.807, 2.05) is 0 Å². The van der Waals surface area contributed by atoms with E-state index in [9.17, 15) is 26.7 Å². The van der Waals surface area contributed by atoms with E-state index < -0.39 is 35.7 Å². The molecule has 1 aromatic heterocycles. The highest BCUT2D eigenvalue weighted by molar-refractivity contribution is 9.08. The van der Waals surface area contributed by atoms with Crippen molar-refractivity contribution in [1.29, 1.82) is 0 Å². The Labute approximate surface area is 111 Å². The van der Waals surface area contributed by atoms with E-state index in [-0.39, 0.29) is 11.0 Å². The number of pyridine rings is 1. The van der Waals surface area contributed by atoms with Gasteiger partial charge in [0.15, 0.2) is 0 Å². The first kappa shape index (κ1) is 15.6. The minimum atomic E-state index is -5.17. The smallest absolute Gasteiger partial charge is 0.387 e. The van der Waals surface area contributed by atoms with E-state index in [4.69, 9.17) is 5.73 Å². The molecule has 0 aromatic carbocycles. The molecule has 106 valence electrons. The summed E-state index contributed by atoms with van der Waals surface area (Å²) in [7, 11) is 0. The highest BCUT2D eigenvalue weighted by atomic mass is 79.9. The summed E-state index contributed by atoms with van der Waals surface area (Å²) in [5.74, 6) is -2.38. The van der Waals surface area contributed by atoms with Crippen LogP contribution in [0.25, 0.3) is 0 Å². The fraction of sp³-hybridized carbons (Fsp3) is 0.333. The lowest BCUT2D eigenvalue weighted by atomic mass is 10.1. The topological polar surface area (TPSA) is 65.2 Å². The van der Waals surface area contributed by atoms with Gasteiger partial charge >= 0.3 is 6.36 Å². The van der Waals surface area contributed by atoms with Crippen molar-refractivity contribution in [2.75, 3.05) is 0 Å². The lowest BCUT2D eigenvalue weighted by molar-refractivity contribution is -0.276. The van der Waals surface area contributed by atoms with Crippen molar-refractivity contribution in [3.8, 4) is 5.88 Å². The third kappa shape index (κ3) is 4.01. The summed E-state index contributed by atoms with van der Waals surface area (Å²) >= 11 is 2.86. The zero-order valence-electron chi connectivity index (χ0n) is 8.97. The van der Waals surface area contributed by atoms with Gasteiger partial charge in [-0.2, -0.15) is 0 Å². The van der Waals surface area contributed by atoms with Crippen LogP contribution in [0.15, 0.2) is 6.07 Å². The predicted octanol–water partition coefficient (Wildman–Crippen LogP) is 2.91. The molecule has 0 radical (unpaired) electrons. The second-order valence-electron chi connectivity index (χ2n) is 3.22. The average Bonchev–Trinajstić information content (AvgIpc) is 2.25. The maximum absolute atomic E-state index is 12.6. The Hall–Kier alpha value is -1.45. The van der Waals surface area contributed by atoms with Gasteiger partial charge in [0.2, 0.25) is 5.88 Å². The van der Waals surface area contributed by atoms with Crippen molar-refractivity contribution in [1.82, 2.24) is 4.98 Å². The SMILES string of the molecule is NC(=O)c1cc(C(F)F)c(OC(F)(F)F)nc1CBr. The number of alkyl halides is 6. The largest absolute Gasteiger partial charge is 0.574 e. The number of hydrogen-bond donors (Lipinski definition) is 1. The van der Waals surface area contributed by atoms with Crippen molar-refractivity contribution in [3.05, 3.63) is 22.9 Å². The molecule has 0 unspecified atom stereocenters. The zero-order valence-corrected chi connectivity index (χ0v) is 10.6. The molecule has 0 aliphatic carbocycles. The third-order valence-corrected chi connectivity index (χ3v) is 2.46. The summed E-state index contributed by atoms with van der Waals surface area (Å²) < 4.78 is 64.9. The van der Waals surface area contributed by atoms with Gasteiger partial charge in [0, 0.05) is 5.33 Å². The number of hydrogen-bond acceptors (Lipinski definition) is 3. The summed E-state index contributed by atoms with van der Waals surface area (Å²) in [6.45, 7) is 0. The lowest BCUT2D eigenvalue weighted by Gasteiger charge is -2.14. The van der Waals surface area contributed by atoms with Crippen LogP contribution in [0.4, 0.5) is 22.0 Å². The van der Waals surface area contributed by atoms with Gasteiger partial charge in [-0.3, -0.25) is 4.79 Å². The number of rotatable bonds is 4. The molecule has 0 aliphatic rings. The molecule has 4 nitrogen and oxygen atoms in total. The van der Waals surface area contributed by atoms with E-state index in [0.29, 0.717) is 6.07 Å². The lowest BCUT2D eigenvalue weighted by Crippen LogP contribution is -2.21. The number of carbonyl (C=O) groups excluding carboxylic acids is 1. The Morgan fingerprint density at radius 1 is 1.47 bits per heavy atom. The van der Waals surface area contributed by atoms with E-state index in [1.54, 1.807) is 0 Å². The zero-order chi connectivity index (χ0) is 14.8. The minimum Gasteiger partial charge on any atom is -0.387 e. The molecule has 1 amide bonds. The van der Waals surface area contributed by atoms with Crippen LogP contribution in [0.3, 0.4) is 0 Å². The molecular formula is C9H6BrF5N2O2. The van der Waals surface area contributed by atoms with Crippen molar-refractivity contribution in [2.24, 2.45) is 5.73 Å². The maximum Gasteiger partial charge on any atom is 0.574 e. The summed E-state index contributed by atoms with van der Waals surface area (Å²) in [5, 5.41) is -0.150. The van der Waals surface area contributed by atoms with Crippen molar-refractivity contribution < 1.29 is 31.5 Å². The summed E-state index contributed by atoms with van der Waals surface area (Å²) in [6, 6.07) is 0.539. The fourth-order valence-electron chi connectivity index (χ4n) is 1.21. The molecule has 0 fully saturated rings. The number of halogens is 6. The second kappa shape index (κ2) is 5.68. The molecule has 0 bridgehead atoms. The molecule has 0 atom stereocenters. The van der Waals surface area contributed by atoms with Crippen LogP contribution in [-0.2, 0) is 5.33 Å². The van der Waals surface area contributed by atoms with E-state index in [0.717, 1.165) is 0 Å². The Morgan fingerprint density at radius 3 is 2.42 bits per heavy atom. The number of aromatic nitrogens is 1. The van der Waals surface area contributed by atoms with Gasteiger partial charge in [0.1, 0.15) is 0 Å². The number of primary amides is 1. The molecule has 1 heterocycles. The standard InChI is InChI=1S/C9H6BrF5N2O2/c10-2-5-3(7(16)18)1-4(6(11)12)8(17-5)19-9(13,14)15/h1,6H,2H2,(H2,16,18). The highest BCUT2D eigenvalue weighted by Crippen LogP contribution is 2.33. The molecule has 0 aliphatic heterocycles. The molecule has 1 rings (SSSR count). The predicted molar refractivity (Wildman–Crippen MR) is 57.0 cm³/mol. The minimum absolute atomic E-state index is 0.150. The summed E-state index contributed by atoms with van der Waals surface area (Å²) in [4.78, 5) is 14.3.